The highest BCUT2D eigenvalue weighted by molar-refractivity contribution is 6.37. The number of carbonyl (C=O) groups is 1. The zero-order valence-electron chi connectivity index (χ0n) is 12.2. The lowest BCUT2D eigenvalue weighted by atomic mass is 9.88. The lowest BCUT2D eigenvalue weighted by Crippen LogP contribution is -2.43. The molecule has 1 N–H and O–H groups in total. The third kappa shape index (κ3) is 3.85. The van der Waals surface area contributed by atoms with E-state index >= 15 is 0 Å². The van der Waals surface area contributed by atoms with Crippen LogP contribution in [0.25, 0.3) is 0 Å². The van der Waals surface area contributed by atoms with E-state index in [1.807, 2.05) is 6.92 Å². The van der Waals surface area contributed by atoms with Crippen LogP contribution in [0, 0.1) is 0 Å². The van der Waals surface area contributed by atoms with Crippen LogP contribution in [-0.2, 0) is 6.54 Å². The molecule has 1 heterocycles. The Bertz CT molecular complexity index is 646. The Kier molecular flexibility index (Phi) is 5.56. The third-order valence-corrected chi connectivity index (χ3v) is 3.98. The van der Waals surface area contributed by atoms with Crippen LogP contribution < -0.4 is 0 Å². The van der Waals surface area contributed by atoms with Crippen molar-refractivity contribution in [2.24, 2.45) is 0 Å². The Balaban J connectivity index is 2.32. The predicted molar refractivity (Wildman–Crippen MR) is 85.3 cm³/mol. The molecule has 7 heteroatoms. The molecule has 0 radical (unpaired) electrons. The summed E-state index contributed by atoms with van der Waals surface area (Å²) in [4.78, 5) is 16.6. The van der Waals surface area contributed by atoms with Crippen molar-refractivity contribution in [3.63, 3.8) is 0 Å². The van der Waals surface area contributed by atoms with Gasteiger partial charge in [0.1, 0.15) is 18.3 Å². The largest absolute Gasteiger partial charge is 0.380 e. The molecule has 118 valence electrons. The van der Waals surface area contributed by atoms with E-state index in [0.29, 0.717) is 17.9 Å². The number of nitrogens with zero attached hydrogens (tertiary/aromatic N) is 3. The Labute approximate surface area is 138 Å². The number of hydrogen-bond acceptors (Lipinski definition) is 4. The van der Waals surface area contributed by atoms with Crippen molar-refractivity contribution >= 4 is 29.0 Å². The predicted octanol–water partition coefficient (Wildman–Crippen LogP) is 3.39. The quantitative estimate of drug-likeness (QED) is 0.783. The van der Waals surface area contributed by atoms with Gasteiger partial charge < -0.3 is 5.11 Å². The van der Waals surface area contributed by atoms with Gasteiger partial charge in [0.2, 0.25) is 0 Å². The van der Waals surface area contributed by atoms with Crippen molar-refractivity contribution in [2.45, 2.75) is 38.3 Å². The molecular weight excluding hydrogens is 325 g/mol. The van der Waals surface area contributed by atoms with E-state index in [1.54, 1.807) is 6.07 Å². The highest BCUT2D eigenvalue weighted by Gasteiger charge is 2.37. The second kappa shape index (κ2) is 7.22. The van der Waals surface area contributed by atoms with Gasteiger partial charge in [0, 0.05) is 10.6 Å². The molecule has 0 fully saturated rings. The summed E-state index contributed by atoms with van der Waals surface area (Å²) in [6.45, 7) is 2.03. The molecule has 0 saturated heterocycles. The molecule has 0 spiro atoms. The molecule has 0 aliphatic rings. The number of halogens is 2. The summed E-state index contributed by atoms with van der Waals surface area (Å²) in [5.41, 5.74) is -1.33. The summed E-state index contributed by atoms with van der Waals surface area (Å²) in [6.07, 6.45) is 4.72. The smallest absolute Gasteiger partial charge is 0.197 e. The molecule has 0 bridgehead atoms. The van der Waals surface area contributed by atoms with Gasteiger partial charge >= 0.3 is 0 Å². The van der Waals surface area contributed by atoms with Gasteiger partial charge in [-0.25, -0.2) is 9.67 Å². The van der Waals surface area contributed by atoms with Crippen LogP contribution in [-0.4, -0.2) is 31.3 Å². The van der Waals surface area contributed by atoms with E-state index in [2.05, 4.69) is 10.1 Å². The number of carbonyl (C=O) groups excluding carboxylic acids is 1. The summed E-state index contributed by atoms with van der Waals surface area (Å²) < 4.78 is 1.44. The molecule has 1 aromatic heterocycles. The maximum absolute atomic E-state index is 12.8. The minimum Gasteiger partial charge on any atom is -0.380 e. The first-order valence-electron chi connectivity index (χ1n) is 7.01. The fraction of sp³-hybridized carbons (Fsp3) is 0.400. The molecule has 5 nitrogen and oxygen atoms in total. The SMILES string of the molecule is CCCCC(O)(Cn1cncn1)C(=O)c1ccc(Cl)cc1Cl. The van der Waals surface area contributed by atoms with Crippen molar-refractivity contribution in [3.05, 3.63) is 46.5 Å². The van der Waals surface area contributed by atoms with Crippen molar-refractivity contribution < 1.29 is 9.90 Å². The average Bonchev–Trinajstić information content (AvgIpc) is 2.97. The van der Waals surface area contributed by atoms with Gasteiger partial charge in [-0.1, -0.05) is 43.0 Å². The summed E-state index contributed by atoms with van der Waals surface area (Å²) in [5.74, 6) is -0.432. The van der Waals surface area contributed by atoms with Crippen LogP contribution in [0.3, 0.4) is 0 Å². The first-order valence-corrected chi connectivity index (χ1v) is 7.76. The molecule has 0 aliphatic heterocycles. The Morgan fingerprint density at radius 1 is 1.41 bits per heavy atom. The van der Waals surface area contributed by atoms with E-state index in [4.69, 9.17) is 23.2 Å². The molecule has 0 saturated carbocycles. The Hall–Kier alpha value is -1.43. The second-order valence-corrected chi connectivity index (χ2v) is 6.03. The van der Waals surface area contributed by atoms with E-state index < -0.39 is 11.4 Å². The van der Waals surface area contributed by atoms with Crippen LogP contribution in [0.1, 0.15) is 36.5 Å². The number of Topliss-reactive ketones (excluding diaryl/α,β-unsaturated/α-hetero) is 1. The number of rotatable bonds is 7. The van der Waals surface area contributed by atoms with Crippen LogP contribution in [0.2, 0.25) is 10.0 Å². The van der Waals surface area contributed by atoms with Gasteiger partial charge in [-0.2, -0.15) is 5.10 Å². The molecule has 0 amide bonds. The summed E-state index contributed by atoms with van der Waals surface area (Å²) >= 11 is 11.9. The van der Waals surface area contributed by atoms with Gasteiger partial charge in [0.15, 0.2) is 5.78 Å². The first kappa shape index (κ1) is 16.9. The zero-order chi connectivity index (χ0) is 16.2. The fourth-order valence-electron chi connectivity index (χ4n) is 2.24. The van der Waals surface area contributed by atoms with Crippen molar-refractivity contribution in [1.82, 2.24) is 14.8 Å². The van der Waals surface area contributed by atoms with Crippen molar-refractivity contribution in [2.75, 3.05) is 0 Å². The maximum Gasteiger partial charge on any atom is 0.197 e. The van der Waals surface area contributed by atoms with Gasteiger partial charge in [0.25, 0.3) is 0 Å². The van der Waals surface area contributed by atoms with Gasteiger partial charge in [-0.05, 0) is 24.6 Å². The van der Waals surface area contributed by atoms with Crippen molar-refractivity contribution in [1.29, 1.82) is 0 Å². The second-order valence-electron chi connectivity index (χ2n) is 5.18. The number of ketones is 1. The molecular formula is C15H17Cl2N3O2. The lowest BCUT2D eigenvalue weighted by Gasteiger charge is -2.27. The van der Waals surface area contributed by atoms with Gasteiger partial charge in [0.05, 0.1) is 11.6 Å². The van der Waals surface area contributed by atoms with E-state index in [-0.39, 0.29) is 17.1 Å². The highest BCUT2D eigenvalue weighted by atomic mass is 35.5. The summed E-state index contributed by atoms with van der Waals surface area (Å²) in [5, 5.41) is 15.5. The molecule has 1 atom stereocenters. The minimum absolute atomic E-state index is 0.0325. The highest BCUT2D eigenvalue weighted by Crippen LogP contribution is 2.28. The van der Waals surface area contributed by atoms with Gasteiger partial charge in [-0.3, -0.25) is 4.79 Å². The van der Waals surface area contributed by atoms with E-state index in [1.165, 1.54) is 29.5 Å². The molecule has 1 aromatic carbocycles. The van der Waals surface area contributed by atoms with E-state index in [9.17, 15) is 9.90 Å². The van der Waals surface area contributed by atoms with Crippen LogP contribution in [0.15, 0.2) is 30.9 Å². The average molecular weight is 342 g/mol. The molecule has 2 rings (SSSR count). The Morgan fingerprint density at radius 3 is 2.77 bits per heavy atom. The summed E-state index contributed by atoms with van der Waals surface area (Å²) in [7, 11) is 0. The first-order chi connectivity index (χ1) is 10.5. The van der Waals surface area contributed by atoms with E-state index in [0.717, 1.165) is 6.42 Å². The molecule has 0 aliphatic carbocycles. The van der Waals surface area contributed by atoms with Crippen LogP contribution >= 0.6 is 23.2 Å². The number of benzene rings is 1. The van der Waals surface area contributed by atoms with Gasteiger partial charge in [-0.15, -0.1) is 0 Å². The normalized spacial score (nSPS) is 13.8. The van der Waals surface area contributed by atoms with Crippen LogP contribution in [0.5, 0.6) is 0 Å². The van der Waals surface area contributed by atoms with Crippen LogP contribution in [0.4, 0.5) is 0 Å². The number of aliphatic hydroxyl groups is 1. The monoisotopic (exact) mass is 341 g/mol. The van der Waals surface area contributed by atoms with Crippen molar-refractivity contribution in [3.8, 4) is 0 Å². The number of hydrogen-bond donors (Lipinski definition) is 1. The number of aromatic nitrogens is 3. The lowest BCUT2D eigenvalue weighted by molar-refractivity contribution is 0.0145. The maximum atomic E-state index is 12.8. The number of unbranched alkanes of at least 4 members (excludes halogenated alkanes) is 1. The topological polar surface area (TPSA) is 68.0 Å². The third-order valence-electron chi connectivity index (χ3n) is 3.43. The molecule has 1 unspecified atom stereocenters. The minimum atomic E-state index is -1.58. The summed E-state index contributed by atoms with van der Waals surface area (Å²) in [6, 6.07) is 4.60. The Morgan fingerprint density at radius 2 is 2.18 bits per heavy atom. The molecule has 22 heavy (non-hydrogen) atoms. The standard InChI is InChI=1S/C15H17Cl2N3O2/c1-2-3-6-15(22,8-20-10-18-9-19-20)14(21)12-5-4-11(16)7-13(12)17/h4-5,7,9-10,22H,2-3,6,8H2,1H3. The zero-order valence-corrected chi connectivity index (χ0v) is 13.7. The molecule has 2 aromatic rings. The fourth-order valence-corrected chi connectivity index (χ4v) is 2.73.